The maximum absolute atomic E-state index is 6.22. The Labute approximate surface area is 479 Å². The summed E-state index contributed by atoms with van der Waals surface area (Å²) in [6, 6.07) is 65.4. The molecule has 4 nitrogen and oxygen atoms in total. The molecule has 0 bridgehead atoms. The predicted octanol–water partition coefficient (Wildman–Crippen LogP) is 19.5. The molecule has 0 aromatic heterocycles. The van der Waals surface area contributed by atoms with Crippen LogP contribution in [0, 0.1) is 0 Å². The van der Waals surface area contributed by atoms with Crippen LogP contribution in [0.5, 0.6) is 0 Å². The molecule has 9 aromatic carbocycles. The molecule has 0 N–H and O–H groups in total. The zero-order valence-corrected chi connectivity index (χ0v) is 49.0. The molecule has 0 atom stereocenters. The van der Waals surface area contributed by atoms with Gasteiger partial charge in [0.1, 0.15) is 0 Å². The smallest absolute Gasteiger partial charge is 0.0716 e. The van der Waals surface area contributed by atoms with Gasteiger partial charge in [-0.25, -0.2) is 0 Å². The lowest BCUT2D eigenvalue weighted by Crippen LogP contribution is -2.30. The molecule has 0 aliphatic heterocycles. The van der Waals surface area contributed by atoms with Crippen molar-refractivity contribution in [1.29, 1.82) is 0 Å². The molecule has 0 radical (unpaired) electrons. The summed E-state index contributed by atoms with van der Waals surface area (Å²) in [4.78, 5) is 0. The maximum atomic E-state index is 6.22. The van der Waals surface area contributed by atoms with Gasteiger partial charge in [-0.3, -0.25) is 0 Å². The van der Waals surface area contributed by atoms with Crippen LogP contribution in [0.3, 0.4) is 0 Å². The van der Waals surface area contributed by atoms with Crippen molar-refractivity contribution in [2.45, 2.75) is 116 Å². The molecule has 0 heterocycles. The normalized spacial score (nSPS) is 13.7. The number of hydrogen-bond donors (Lipinski definition) is 0. The first-order valence-electron chi connectivity index (χ1n) is 28.7. The van der Waals surface area contributed by atoms with Crippen molar-refractivity contribution in [3.05, 3.63) is 246 Å². The standard InChI is InChI=1S/C72H72Br2O4/c1-5-9-37-75-45-49-21-29-53(30-22-49)71(54-31-23-50(24-32-54)46-76-38-10-6-2)63-41-62-64(42-61(63)69-59-19-15-13-17-57(59)67(73)43-65(69)71)72(55-33-25-51(26-34-55)47-77-39-11-7-3,56-35-27-52(28-36-56)48-78-40-12-8-4)66-44-68(74)58-18-14-16-20-60(58)70(62)66/h13-36,41-44H,5-12,37-40,45-48H2,1-4H3. The molecule has 2 aliphatic carbocycles. The molecule has 11 rings (SSSR count). The number of rotatable bonds is 24. The third kappa shape index (κ3) is 9.94. The van der Waals surface area contributed by atoms with Crippen LogP contribution in [-0.2, 0) is 56.2 Å². The second-order valence-electron chi connectivity index (χ2n) is 21.5. The molecule has 0 fully saturated rings. The fourth-order valence-electron chi connectivity index (χ4n) is 12.5. The Hall–Kier alpha value is -5.70. The first kappa shape index (κ1) is 54.3. The molecule has 0 saturated heterocycles. The molecule has 0 amide bonds. The van der Waals surface area contributed by atoms with Gasteiger partial charge < -0.3 is 18.9 Å². The Kier molecular flexibility index (Phi) is 16.9. The Balaban J connectivity index is 1.22. The van der Waals surface area contributed by atoms with Gasteiger partial charge >= 0.3 is 0 Å². The average Bonchev–Trinajstić information content (AvgIpc) is 4.09. The van der Waals surface area contributed by atoms with E-state index in [4.69, 9.17) is 18.9 Å². The van der Waals surface area contributed by atoms with E-state index < -0.39 is 10.8 Å². The summed E-state index contributed by atoms with van der Waals surface area (Å²) in [5, 5.41) is 4.83. The lowest BCUT2D eigenvalue weighted by atomic mass is 9.65. The minimum Gasteiger partial charge on any atom is -0.377 e. The number of unbranched alkanes of at least 4 members (excludes halogenated alkanes) is 4. The van der Waals surface area contributed by atoms with E-state index in [0.29, 0.717) is 26.4 Å². The second-order valence-corrected chi connectivity index (χ2v) is 23.2. The van der Waals surface area contributed by atoms with Gasteiger partial charge in [0, 0.05) is 35.4 Å². The van der Waals surface area contributed by atoms with Crippen molar-refractivity contribution >= 4 is 53.4 Å². The van der Waals surface area contributed by atoms with Gasteiger partial charge in [-0.05, 0) is 161 Å². The van der Waals surface area contributed by atoms with Crippen LogP contribution in [0.25, 0.3) is 43.8 Å². The number of benzene rings is 9. The molecular formula is C72H72Br2O4. The number of halogens is 2. The zero-order chi connectivity index (χ0) is 53.6. The van der Waals surface area contributed by atoms with Gasteiger partial charge in [-0.15, -0.1) is 0 Å². The Bertz CT molecular complexity index is 3180. The van der Waals surface area contributed by atoms with Gasteiger partial charge in [0.05, 0.1) is 37.3 Å². The van der Waals surface area contributed by atoms with Gasteiger partial charge in [0.15, 0.2) is 0 Å². The van der Waals surface area contributed by atoms with Crippen LogP contribution < -0.4 is 0 Å². The minimum absolute atomic E-state index is 0.581. The topological polar surface area (TPSA) is 36.9 Å². The predicted molar refractivity (Wildman–Crippen MR) is 330 cm³/mol. The largest absolute Gasteiger partial charge is 0.377 e. The summed E-state index contributed by atoms with van der Waals surface area (Å²) in [7, 11) is 0. The van der Waals surface area contributed by atoms with Crippen LogP contribution in [-0.4, -0.2) is 26.4 Å². The number of hydrogen-bond acceptors (Lipinski definition) is 4. The second kappa shape index (κ2) is 24.3. The van der Waals surface area contributed by atoms with Gasteiger partial charge in [-0.2, -0.15) is 0 Å². The third-order valence-electron chi connectivity index (χ3n) is 16.5. The maximum Gasteiger partial charge on any atom is 0.0716 e. The lowest BCUT2D eigenvalue weighted by molar-refractivity contribution is 0.118. The van der Waals surface area contributed by atoms with Gasteiger partial charge in [0.2, 0.25) is 0 Å². The van der Waals surface area contributed by atoms with E-state index in [1.54, 1.807) is 0 Å². The third-order valence-corrected chi connectivity index (χ3v) is 17.8. The summed E-state index contributed by atoms with van der Waals surface area (Å²) in [6.07, 6.45) is 8.65. The Morgan fingerprint density at radius 1 is 0.321 bits per heavy atom. The molecule has 398 valence electrons. The van der Waals surface area contributed by atoms with E-state index in [1.165, 1.54) is 111 Å². The first-order chi connectivity index (χ1) is 38.4. The monoisotopic (exact) mass is 1160 g/mol. The average molecular weight is 1160 g/mol. The quantitative estimate of drug-likeness (QED) is 0.0565. The van der Waals surface area contributed by atoms with Gasteiger partial charge in [-0.1, -0.05) is 231 Å². The Morgan fingerprint density at radius 2 is 0.590 bits per heavy atom. The molecule has 6 heteroatoms. The number of ether oxygens (including phenoxy) is 4. The van der Waals surface area contributed by atoms with E-state index in [0.717, 1.165) is 86.7 Å². The molecule has 0 spiro atoms. The van der Waals surface area contributed by atoms with Crippen LogP contribution >= 0.6 is 31.9 Å². The zero-order valence-electron chi connectivity index (χ0n) is 45.9. The van der Waals surface area contributed by atoms with E-state index in [-0.39, 0.29) is 0 Å². The summed E-state index contributed by atoms with van der Waals surface area (Å²) < 4.78 is 27.1. The van der Waals surface area contributed by atoms with Crippen LogP contribution in [0.15, 0.2) is 179 Å². The minimum atomic E-state index is -0.717. The van der Waals surface area contributed by atoms with E-state index >= 15 is 0 Å². The van der Waals surface area contributed by atoms with Crippen LogP contribution in [0.2, 0.25) is 0 Å². The fourth-order valence-corrected chi connectivity index (χ4v) is 13.6. The molecule has 0 saturated carbocycles. The van der Waals surface area contributed by atoms with Crippen LogP contribution in [0.4, 0.5) is 0 Å². The molecular weight excluding hydrogens is 1090 g/mol. The number of fused-ring (bicyclic) bond motifs is 10. The lowest BCUT2D eigenvalue weighted by Gasteiger charge is -2.36. The Morgan fingerprint density at radius 3 is 0.859 bits per heavy atom. The van der Waals surface area contributed by atoms with Crippen molar-refractivity contribution in [1.82, 2.24) is 0 Å². The summed E-state index contributed by atoms with van der Waals surface area (Å²) >= 11 is 8.38. The highest BCUT2D eigenvalue weighted by molar-refractivity contribution is 9.11. The van der Waals surface area contributed by atoms with E-state index in [2.05, 4.69) is 229 Å². The van der Waals surface area contributed by atoms with E-state index in [1.807, 2.05) is 0 Å². The first-order valence-corrected chi connectivity index (χ1v) is 30.3. The summed E-state index contributed by atoms with van der Waals surface area (Å²) in [5.74, 6) is 0. The summed E-state index contributed by atoms with van der Waals surface area (Å²) in [5.41, 5.74) is 18.2. The van der Waals surface area contributed by atoms with Crippen molar-refractivity contribution in [2.24, 2.45) is 0 Å². The van der Waals surface area contributed by atoms with Gasteiger partial charge in [0.25, 0.3) is 0 Å². The highest BCUT2D eigenvalue weighted by Gasteiger charge is 2.52. The van der Waals surface area contributed by atoms with Crippen molar-refractivity contribution in [2.75, 3.05) is 26.4 Å². The SMILES string of the molecule is CCCCOCc1ccc(C2(c3ccc(COCCCC)cc3)c3cc4c(cc3-c3c2cc(Br)c2ccccc32)C(c2ccc(COCCCC)cc2)(c2ccc(COCCCC)cc2)c2cc(Br)c3ccccc3c2-4)cc1. The molecule has 0 unspecified atom stereocenters. The molecule has 78 heavy (non-hydrogen) atoms. The fraction of sp³-hybridized carbons (Fsp3) is 0.306. The van der Waals surface area contributed by atoms with Crippen molar-refractivity contribution in [3.8, 4) is 22.3 Å². The summed E-state index contributed by atoms with van der Waals surface area (Å²) in [6.45, 7) is 14.2. The molecule has 9 aromatic rings. The van der Waals surface area contributed by atoms with E-state index in [9.17, 15) is 0 Å². The van der Waals surface area contributed by atoms with Crippen molar-refractivity contribution in [3.63, 3.8) is 0 Å². The molecule has 2 aliphatic rings. The highest BCUT2D eigenvalue weighted by atomic mass is 79.9. The van der Waals surface area contributed by atoms with Crippen molar-refractivity contribution < 1.29 is 18.9 Å². The highest BCUT2D eigenvalue weighted by Crippen LogP contribution is 2.65. The van der Waals surface area contributed by atoms with Crippen LogP contribution in [0.1, 0.15) is 146 Å².